The third kappa shape index (κ3) is 5.54. The lowest BCUT2D eigenvalue weighted by Crippen LogP contribution is -2.10. The van der Waals surface area contributed by atoms with Gasteiger partial charge in [0, 0.05) is 12.0 Å². The van der Waals surface area contributed by atoms with E-state index in [1.54, 1.807) is 0 Å². The molecule has 0 saturated carbocycles. The highest BCUT2D eigenvalue weighted by Crippen LogP contribution is 2.12. The highest BCUT2D eigenvalue weighted by molar-refractivity contribution is 5.89. The molecule has 22 heavy (non-hydrogen) atoms. The lowest BCUT2D eigenvalue weighted by molar-refractivity contribution is -0.138. The lowest BCUT2D eigenvalue weighted by atomic mass is 10.0. The van der Waals surface area contributed by atoms with Crippen LogP contribution in [0.15, 0.2) is 72.3 Å². The van der Waals surface area contributed by atoms with E-state index in [2.05, 4.69) is 12.1 Å². The van der Waals surface area contributed by atoms with Gasteiger partial charge in [0.15, 0.2) is 0 Å². The number of carbonyl (C=O) groups is 1. The zero-order chi connectivity index (χ0) is 14.9. The van der Waals surface area contributed by atoms with E-state index >= 15 is 0 Å². The SMILES string of the molecule is CCOC(=O)C(=CCc1ccccc1)Cc1ccccc1.N. The summed E-state index contributed by atoms with van der Waals surface area (Å²) in [5.74, 6) is -0.225. The van der Waals surface area contributed by atoms with Crippen LogP contribution in [-0.4, -0.2) is 12.6 Å². The van der Waals surface area contributed by atoms with Crippen molar-refractivity contribution in [3.63, 3.8) is 0 Å². The van der Waals surface area contributed by atoms with E-state index in [-0.39, 0.29) is 12.1 Å². The molecule has 0 radical (unpaired) electrons. The summed E-state index contributed by atoms with van der Waals surface area (Å²) in [5.41, 5.74) is 3.02. The van der Waals surface area contributed by atoms with Gasteiger partial charge in [0.05, 0.1) is 6.61 Å². The van der Waals surface area contributed by atoms with Crippen molar-refractivity contribution in [2.24, 2.45) is 0 Å². The van der Waals surface area contributed by atoms with Gasteiger partial charge in [-0.1, -0.05) is 66.7 Å². The Kier molecular flexibility index (Phi) is 7.65. The number of ether oxygens (including phenoxy) is 1. The van der Waals surface area contributed by atoms with Crippen molar-refractivity contribution in [1.29, 1.82) is 0 Å². The Morgan fingerprint density at radius 3 is 2.05 bits per heavy atom. The summed E-state index contributed by atoms with van der Waals surface area (Å²) in [6.07, 6.45) is 3.31. The normalized spacial score (nSPS) is 10.7. The van der Waals surface area contributed by atoms with E-state index < -0.39 is 0 Å². The molecule has 116 valence electrons. The molecule has 0 unspecified atom stereocenters. The van der Waals surface area contributed by atoms with Crippen molar-refractivity contribution >= 4 is 5.97 Å². The molecule has 0 fully saturated rings. The van der Waals surface area contributed by atoms with Gasteiger partial charge in [-0.2, -0.15) is 0 Å². The Hall–Kier alpha value is -2.39. The summed E-state index contributed by atoms with van der Waals surface area (Å²) < 4.78 is 5.16. The molecular weight excluding hydrogens is 274 g/mol. The summed E-state index contributed by atoms with van der Waals surface area (Å²) in [6.45, 7) is 2.23. The fraction of sp³-hybridized carbons (Fsp3) is 0.211. The second-order valence-corrected chi connectivity index (χ2v) is 4.80. The Bertz CT molecular complexity index is 591. The molecular formula is C19H23NO2. The van der Waals surface area contributed by atoms with Crippen molar-refractivity contribution in [2.45, 2.75) is 19.8 Å². The molecule has 0 aliphatic rings. The molecule has 3 heteroatoms. The number of esters is 1. The van der Waals surface area contributed by atoms with Crippen LogP contribution >= 0.6 is 0 Å². The van der Waals surface area contributed by atoms with E-state index in [0.29, 0.717) is 18.6 Å². The Balaban J connectivity index is 0.00000242. The molecule has 3 nitrogen and oxygen atoms in total. The minimum atomic E-state index is -0.225. The molecule has 0 atom stereocenters. The predicted octanol–water partition coefficient (Wildman–Crippen LogP) is 4.12. The second-order valence-electron chi connectivity index (χ2n) is 4.80. The maximum Gasteiger partial charge on any atom is 0.334 e. The predicted molar refractivity (Wildman–Crippen MR) is 90.0 cm³/mol. The molecule has 0 heterocycles. The third-order valence-corrected chi connectivity index (χ3v) is 3.20. The quantitative estimate of drug-likeness (QED) is 0.644. The Labute approximate surface area is 132 Å². The number of carbonyl (C=O) groups excluding carboxylic acids is 1. The minimum absolute atomic E-state index is 0. The van der Waals surface area contributed by atoms with Gasteiger partial charge >= 0.3 is 5.97 Å². The largest absolute Gasteiger partial charge is 0.463 e. The maximum absolute atomic E-state index is 12.1. The van der Waals surface area contributed by atoms with Crippen LogP contribution in [0, 0.1) is 0 Å². The summed E-state index contributed by atoms with van der Waals surface area (Å²) in [6, 6.07) is 20.1. The van der Waals surface area contributed by atoms with Gasteiger partial charge in [0.1, 0.15) is 0 Å². The van der Waals surface area contributed by atoms with E-state index in [1.165, 1.54) is 5.56 Å². The molecule has 3 N–H and O–H groups in total. The Morgan fingerprint density at radius 2 is 1.50 bits per heavy atom. The first-order chi connectivity index (χ1) is 10.3. The third-order valence-electron chi connectivity index (χ3n) is 3.20. The summed E-state index contributed by atoms with van der Waals surface area (Å²) in [5, 5.41) is 0. The van der Waals surface area contributed by atoms with Crippen molar-refractivity contribution < 1.29 is 9.53 Å². The molecule has 0 saturated heterocycles. The van der Waals surface area contributed by atoms with E-state index in [4.69, 9.17) is 4.74 Å². The van der Waals surface area contributed by atoms with Crippen LogP contribution in [0.25, 0.3) is 0 Å². The monoisotopic (exact) mass is 297 g/mol. The number of allylic oxidation sites excluding steroid dienone is 1. The molecule has 0 aliphatic carbocycles. The zero-order valence-electron chi connectivity index (χ0n) is 13.0. The highest BCUT2D eigenvalue weighted by Gasteiger charge is 2.11. The lowest BCUT2D eigenvalue weighted by Gasteiger charge is -2.07. The van der Waals surface area contributed by atoms with Gasteiger partial charge in [-0.25, -0.2) is 4.79 Å². The molecule has 2 rings (SSSR count). The number of rotatable bonds is 6. The van der Waals surface area contributed by atoms with E-state index in [9.17, 15) is 4.79 Å². The molecule has 0 bridgehead atoms. The summed E-state index contributed by atoms with van der Waals surface area (Å²) >= 11 is 0. The number of hydrogen-bond donors (Lipinski definition) is 1. The van der Waals surface area contributed by atoms with Gasteiger partial charge in [0.25, 0.3) is 0 Å². The van der Waals surface area contributed by atoms with Crippen LogP contribution in [0.1, 0.15) is 18.1 Å². The maximum atomic E-state index is 12.1. The van der Waals surface area contributed by atoms with Crippen molar-refractivity contribution in [1.82, 2.24) is 6.15 Å². The fourth-order valence-corrected chi connectivity index (χ4v) is 2.12. The average Bonchev–Trinajstić information content (AvgIpc) is 2.53. The van der Waals surface area contributed by atoms with Gasteiger partial charge < -0.3 is 10.9 Å². The van der Waals surface area contributed by atoms with Gasteiger partial charge in [0.2, 0.25) is 0 Å². The van der Waals surface area contributed by atoms with Crippen LogP contribution in [0.2, 0.25) is 0 Å². The van der Waals surface area contributed by atoms with Gasteiger partial charge in [-0.3, -0.25) is 0 Å². The van der Waals surface area contributed by atoms with Crippen molar-refractivity contribution in [3.05, 3.63) is 83.4 Å². The van der Waals surface area contributed by atoms with Gasteiger partial charge in [-0.15, -0.1) is 0 Å². The topological polar surface area (TPSA) is 61.3 Å². The van der Waals surface area contributed by atoms with Crippen molar-refractivity contribution in [3.8, 4) is 0 Å². The average molecular weight is 297 g/mol. The van der Waals surface area contributed by atoms with Crippen LogP contribution in [0.3, 0.4) is 0 Å². The number of hydrogen-bond acceptors (Lipinski definition) is 3. The standard InChI is InChI=1S/C19H20O2.H3N/c1-2-21-19(20)18(15-17-11-7-4-8-12-17)14-13-16-9-5-3-6-10-16;/h3-12,14H,2,13,15H2,1H3;1H3. The molecule has 0 aromatic heterocycles. The molecule has 2 aromatic carbocycles. The summed E-state index contributed by atoms with van der Waals surface area (Å²) in [7, 11) is 0. The van der Waals surface area contributed by atoms with Crippen LogP contribution in [0.5, 0.6) is 0 Å². The van der Waals surface area contributed by atoms with Crippen LogP contribution in [0.4, 0.5) is 0 Å². The molecule has 0 amide bonds. The van der Waals surface area contributed by atoms with Crippen molar-refractivity contribution in [2.75, 3.05) is 6.61 Å². The first-order valence-electron chi connectivity index (χ1n) is 7.23. The highest BCUT2D eigenvalue weighted by atomic mass is 16.5. The second kappa shape index (κ2) is 9.53. The molecule has 0 spiro atoms. The molecule has 0 aliphatic heterocycles. The fourth-order valence-electron chi connectivity index (χ4n) is 2.12. The summed E-state index contributed by atoms with van der Waals surface area (Å²) in [4.78, 5) is 12.1. The van der Waals surface area contributed by atoms with Gasteiger partial charge in [-0.05, 0) is 24.5 Å². The van der Waals surface area contributed by atoms with E-state index in [0.717, 1.165) is 12.0 Å². The van der Waals surface area contributed by atoms with Crippen LogP contribution < -0.4 is 6.15 Å². The first kappa shape index (κ1) is 17.7. The minimum Gasteiger partial charge on any atom is -0.463 e. The zero-order valence-corrected chi connectivity index (χ0v) is 13.0. The van der Waals surface area contributed by atoms with E-state index in [1.807, 2.05) is 61.5 Å². The first-order valence-corrected chi connectivity index (χ1v) is 7.23. The van der Waals surface area contributed by atoms with Crippen LogP contribution in [-0.2, 0) is 22.4 Å². The Morgan fingerprint density at radius 1 is 0.955 bits per heavy atom. The molecule has 2 aromatic rings. The number of benzene rings is 2. The smallest absolute Gasteiger partial charge is 0.334 e.